The maximum Gasteiger partial charge on any atom is 0.251 e. The number of hydrogen-bond donors (Lipinski definition) is 2. The molecule has 1 amide bonds. The van der Waals surface area contributed by atoms with Crippen molar-refractivity contribution in [3.8, 4) is 0 Å². The topological polar surface area (TPSA) is 58.4 Å². The number of carbonyl (C=O) groups is 1. The Labute approximate surface area is 107 Å². The second-order valence-corrected chi connectivity index (χ2v) is 5.12. The molecule has 4 nitrogen and oxygen atoms in total. The molecule has 1 aliphatic carbocycles. The zero-order valence-corrected chi connectivity index (χ0v) is 11.1. The highest BCUT2D eigenvalue weighted by Gasteiger charge is 2.46. The molecule has 1 aliphatic rings. The lowest BCUT2D eigenvalue weighted by molar-refractivity contribution is -0.125. The number of nitrogens with zero attached hydrogens (tertiary/aromatic N) is 1. The van der Waals surface area contributed by atoms with Crippen LogP contribution in [-0.4, -0.2) is 50.0 Å². The van der Waals surface area contributed by atoms with Crippen molar-refractivity contribution in [1.29, 1.82) is 0 Å². The number of alkyl halides is 2. The first-order valence-electron chi connectivity index (χ1n) is 6.38. The number of hydrogen-bond acceptors (Lipinski definition) is 3. The van der Waals surface area contributed by atoms with Gasteiger partial charge in [0.15, 0.2) is 0 Å². The molecule has 2 atom stereocenters. The molecule has 0 aromatic rings. The fraction of sp³-hybridized carbons (Fsp3) is 0.917. The van der Waals surface area contributed by atoms with Gasteiger partial charge in [0.2, 0.25) is 5.91 Å². The number of nitrogens with one attached hydrogen (secondary N) is 1. The molecule has 0 bridgehead atoms. The average molecular weight is 263 g/mol. The minimum atomic E-state index is -2.32. The van der Waals surface area contributed by atoms with E-state index in [1.807, 2.05) is 0 Å². The molecular weight excluding hydrogens is 240 g/mol. The summed E-state index contributed by atoms with van der Waals surface area (Å²) in [5, 5.41) is 3.05. The lowest BCUT2D eigenvalue weighted by Gasteiger charge is -2.33. The molecule has 6 heteroatoms. The van der Waals surface area contributed by atoms with Crippen LogP contribution < -0.4 is 11.1 Å². The molecular formula is C12H23F2N3O. The van der Waals surface area contributed by atoms with E-state index in [2.05, 4.69) is 5.32 Å². The van der Waals surface area contributed by atoms with Crippen LogP contribution in [0.15, 0.2) is 0 Å². The highest BCUT2D eigenvalue weighted by molar-refractivity contribution is 5.85. The van der Waals surface area contributed by atoms with Gasteiger partial charge in [-0.1, -0.05) is 6.42 Å². The van der Waals surface area contributed by atoms with Crippen LogP contribution >= 0.6 is 0 Å². The van der Waals surface area contributed by atoms with Gasteiger partial charge in [0, 0.05) is 0 Å². The third-order valence-corrected chi connectivity index (χ3v) is 4.02. The van der Waals surface area contributed by atoms with Crippen molar-refractivity contribution in [2.45, 2.75) is 37.6 Å². The van der Waals surface area contributed by atoms with Crippen molar-refractivity contribution in [1.82, 2.24) is 10.2 Å². The van der Waals surface area contributed by atoms with E-state index in [1.165, 1.54) is 0 Å². The summed E-state index contributed by atoms with van der Waals surface area (Å²) in [6.07, 6.45) is 1.01. The maximum atomic E-state index is 12.2. The molecule has 0 heterocycles. The number of halogens is 2. The van der Waals surface area contributed by atoms with Gasteiger partial charge in [-0.05, 0) is 45.8 Å². The molecule has 0 aromatic carbocycles. The Morgan fingerprint density at radius 3 is 2.78 bits per heavy atom. The van der Waals surface area contributed by atoms with E-state index in [0.717, 1.165) is 19.3 Å². The second kappa shape index (κ2) is 6.43. The van der Waals surface area contributed by atoms with Gasteiger partial charge >= 0.3 is 0 Å². The van der Waals surface area contributed by atoms with E-state index >= 15 is 0 Å². The van der Waals surface area contributed by atoms with Gasteiger partial charge in [-0.2, -0.15) is 0 Å². The molecule has 18 heavy (non-hydrogen) atoms. The van der Waals surface area contributed by atoms with Gasteiger partial charge in [-0.25, -0.2) is 8.78 Å². The van der Waals surface area contributed by atoms with Crippen LogP contribution in [-0.2, 0) is 4.79 Å². The summed E-state index contributed by atoms with van der Waals surface area (Å²) in [6, 6.07) is 0. The van der Waals surface area contributed by atoms with Gasteiger partial charge in [0.25, 0.3) is 6.43 Å². The molecule has 1 saturated carbocycles. The van der Waals surface area contributed by atoms with E-state index < -0.39 is 12.0 Å². The van der Waals surface area contributed by atoms with Crippen LogP contribution in [0.4, 0.5) is 8.78 Å². The van der Waals surface area contributed by atoms with Gasteiger partial charge in [-0.3, -0.25) is 4.79 Å². The minimum Gasteiger partial charge on any atom is -0.368 e. The van der Waals surface area contributed by atoms with E-state index in [0.29, 0.717) is 13.0 Å². The predicted octanol–water partition coefficient (Wildman–Crippen LogP) is 0.817. The molecule has 1 fully saturated rings. The fourth-order valence-corrected chi connectivity index (χ4v) is 2.95. The standard InChI is InChI=1S/C12H23F2N3O/c1-16-12(11(15)18)6-3-4-9(12)5-7-17(2)8-10(13)14/h9-10,16H,3-8H2,1-2H3,(H2,15,18). The summed E-state index contributed by atoms with van der Waals surface area (Å²) in [6.45, 7) is 0.335. The zero-order valence-electron chi connectivity index (χ0n) is 11.1. The summed E-state index contributed by atoms with van der Waals surface area (Å²) in [7, 11) is 3.42. The average Bonchev–Trinajstić information content (AvgIpc) is 2.69. The molecule has 0 aliphatic heterocycles. The largest absolute Gasteiger partial charge is 0.368 e. The second-order valence-electron chi connectivity index (χ2n) is 5.12. The lowest BCUT2D eigenvalue weighted by atomic mass is 9.84. The molecule has 106 valence electrons. The van der Waals surface area contributed by atoms with Crippen molar-refractivity contribution < 1.29 is 13.6 Å². The number of likely N-dealkylation sites (N-methyl/N-ethyl adjacent to an activating group) is 1. The highest BCUT2D eigenvalue weighted by Crippen LogP contribution is 2.37. The predicted molar refractivity (Wildman–Crippen MR) is 66.4 cm³/mol. The molecule has 0 saturated heterocycles. The Morgan fingerprint density at radius 2 is 2.28 bits per heavy atom. The van der Waals surface area contributed by atoms with Gasteiger partial charge in [0.05, 0.1) is 6.54 Å². The molecule has 2 unspecified atom stereocenters. The van der Waals surface area contributed by atoms with Crippen LogP contribution in [0.3, 0.4) is 0 Å². The monoisotopic (exact) mass is 263 g/mol. The van der Waals surface area contributed by atoms with E-state index in [4.69, 9.17) is 5.73 Å². The molecule has 0 radical (unpaired) electrons. The summed E-state index contributed by atoms with van der Waals surface area (Å²) in [5.41, 5.74) is 4.84. The summed E-state index contributed by atoms with van der Waals surface area (Å²) in [4.78, 5) is 13.2. The Hall–Kier alpha value is -0.750. The number of nitrogens with two attached hydrogens (primary N) is 1. The van der Waals surface area contributed by atoms with Crippen LogP contribution in [0.25, 0.3) is 0 Å². The molecule has 0 aromatic heterocycles. The van der Waals surface area contributed by atoms with Crippen LogP contribution in [0.1, 0.15) is 25.7 Å². The summed E-state index contributed by atoms with van der Waals surface area (Å²) in [5.74, 6) is -0.191. The van der Waals surface area contributed by atoms with E-state index in [9.17, 15) is 13.6 Å². The third kappa shape index (κ3) is 3.38. The van der Waals surface area contributed by atoms with Crippen molar-refractivity contribution in [2.75, 3.05) is 27.2 Å². The number of carbonyl (C=O) groups excluding carboxylic acids is 1. The highest BCUT2D eigenvalue weighted by atomic mass is 19.3. The van der Waals surface area contributed by atoms with E-state index in [1.54, 1.807) is 19.0 Å². The van der Waals surface area contributed by atoms with Crippen LogP contribution in [0.5, 0.6) is 0 Å². The van der Waals surface area contributed by atoms with Gasteiger partial charge in [-0.15, -0.1) is 0 Å². The quantitative estimate of drug-likeness (QED) is 0.715. The minimum absolute atomic E-state index is 0.139. The zero-order chi connectivity index (χ0) is 13.8. The summed E-state index contributed by atoms with van der Waals surface area (Å²) < 4.78 is 24.4. The Bertz CT molecular complexity index is 288. The SMILES string of the molecule is CNC1(C(N)=O)CCCC1CCN(C)CC(F)F. The van der Waals surface area contributed by atoms with Crippen molar-refractivity contribution in [3.63, 3.8) is 0 Å². The third-order valence-electron chi connectivity index (χ3n) is 4.02. The fourth-order valence-electron chi connectivity index (χ4n) is 2.95. The molecule has 1 rings (SSSR count). The molecule has 0 spiro atoms. The first kappa shape index (κ1) is 15.3. The van der Waals surface area contributed by atoms with Gasteiger partial charge < -0.3 is 16.0 Å². The first-order chi connectivity index (χ1) is 8.42. The Morgan fingerprint density at radius 1 is 1.61 bits per heavy atom. The summed E-state index contributed by atoms with van der Waals surface area (Å²) >= 11 is 0. The number of amides is 1. The van der Waals surface area contributed by atoms with Crippen molar-refractivity contribution in [2.24, 2.45) is 11.7 Å². The lowest BCUT2D eigenvalue weighted by Crippen LogP contribution is -2.56. The van der Waals surface area contributed by atoms with Crippen molar-refractivity contribution in [3.05, 3.63) is 0 Å². The van der Waals surface area contributed by atoms with Crippen molar-refractivity contribution >= 4 is 5.91 Å². The smallest absolute Gasteiger partial charge is 0.251 e. The van der Waals surface area contributed by atoms with Crippen LogP contribution in [0.2, 0.25) is 0 Å². The van der Waals surface area contributed by atoms with Gasteiger partial charge in [0.1, 0.15) is 5.54 Å². The maximum absolute atomic E-state index is 12.2. The number of primary amides is 1. The molecule has 3 N–H and O–H groups in total. The normalized spacial score (nSPS) is 28.2. The van der Waals surface area contributed by atoms with Crippen LogP contribution in [0, 0.1) is 5.92 Å². The van der Waals surface area contributed by atoms with E-state index in [-0.39, 0.29) is 18.4 Å². The Balaban J connectivity index is 2.53. The first-order valence-corrected chi connectivity index (χ1v) is 6.38. The number of rotatable bonds is 7. The Kier molecular flexibility index (Phi) is 5.47.